The Morgan fingerprint density at radius 2 is 2.36 bits per heavy atom. The van der Waals surface area contributed by atoms with E-state index in [1.165, 1.54) is 6.07 Å². The van der Waals surface area contributed by atoms with E-state index in [2.05, 4.69) is 21.2 Å². The summed E-state index contributed by atoms with van der Waals surface area (Å²) in [7, 11) is 0. The van der Waals surface area contributed by atoms with Crippen LogP contribution in [-0.4, -0.2) is 5.91 Å². The van der Waals surface area contributed by atoms with Crippen LogP contribution in [0, 0.1) is 18.3 Å². The van der Waals surface area contributed by atoms with Crippen molar-refractivity contribution < 1.29 is 4.79 Å². The molecule has 0 spiro atoms. The summed E-state index contributed by atoms with van der Waals surface area (Å²) in [6.07, 6.45) is 0. The van der Waals surface area contributed by atoms with Crippen molar-refractivity contribution in [3.05, 3.63) is 33.8 Å². The zero-order valence-electron chi connectivity index (χ0n) is 7.67. The van der Waals surface area contributed by atoms with E-state index in [9.17, 15) is 4.79 Å². The molecule has 1 rings (SSSR count). The van der Waals surface area contributed by atoms with Gasteiger partial charge in [-0.1, -0.05) is 22.0 Å². The number of benzene rings is 1. The van der Waals surface area contributed by atoms with Crippen molar-refractivity contribution in [3.63, 3.8) is 0 Å². The van der Waals surface area contributed by atoms with Gasteiger partial charge in [-0.05, 0) is 30.2 Å². The number of rotatable bonds is 2. The molecule has 1 N–H and O–H groups in total. The van der Waals surface area contributed by atoms with Crippen molar-refractivity contribution in [1.29, 1.82) is 5.26 Å². The lowest BCUT2D eigenvalue weighted by Gasteiger charge is -2.05. The average molecular weight is 253 g/mol. The molecule has 0 unspecified atom stereocenters. The number of nitriles is 1. The Bertz CT molecular complexity index is 396. The first kappa shape index (κ1) is 10.7. The molecular weight excluding hydrogens is 244 g/mol. The third kappa shape index (κ3) is 2.86. The summed E-state index contributed by atoms with van der Waals surface area (Å²) < 4.78 is 0.962. The van der Waals surface area contributed by atoms with E-state index >= 15 is 0 Å². The fourth-order valence-corrected chi connectivity index (χ4v) is 1.45. The molecular formula is C10H9BrN2O. The average Bonchev–Trinajstić information content (AvgIpc) is 2.19. The first-order valence-electron chi connectivity index (χ1n) is 4.06. The number of nitrogens with zero attached hydrogens (tertiary/aromatic N) is 1. The zero-order valence-corrected chi connectivity index (χ0v) is 9.26. The summed E-state index contributed by atoms with van der Waals surface area (Å²) in [5, 5.41) is 10.8. The molecule has 0 fully saturated rings. The number of halogens is 1. The molecule has 0 heterocycles. The van der Waals surface area contributed by atoms with E-state index in [1.807, 2.05) is 25.1 Å². The van der Waals surface area contributed by atoms with Crippen LogP contribution in [0.15, 0.2) is 22.7 Å². The molecule has 0 atom stereocenters. The van der Waals surface area contributed by atoms with Gasteiger partial charge in [0.25, 0.3) is 0 Å². The maximum Gasteiger partial charge on any atom is 0.322 e. The Morgan fingerprint density at radius 1 is 1.64 bits per heavy atom. The Morgan fingerprint density at radius 3 is 3.00 bits per heavy atom. The minimum absolute atomic E-state index is 0.387. The van der Waals surface area contributed by atoms with E-state index in [-0.39, 0.29) is 0 Å². The normalized spacial score (nSPS) is 9.21. The van der Waals surface area contributed by atoms with Crippen LogP contribution in [0.5, 0.6) is 0 Å². The molecule has 3 nitrogen and oxygen atoms in total. The first-order valence-corrected chi connectivity index (χ1v) is 4.85. The maximum absolute atomic E-state index is 10.7. The molecule has 0 saturated heterocycles. The van der Waals surface area contributed by atoms with Crippen LogP contribution >= 0.6 is 15.9 Å². The summed E-state index contributed by atoms with van der Waals surface area (Å²) in [4.78, 5) is 10.7. The summed E-state index contributed by atoms with van der Waals surface area (Å²) in [6.45, 7) is 2.35. The number of nitrogens with one attached hydrogen (secondary N) is 1. The molecule has 0 aromatic heterocycles. The van der Waals surface area contributed by atoms with E-state index < -0.39 is 5.91 Å². The second-order valence-electron chi connectivity index (χ2n) is 2.87. The van der Waals surface area contributed by atoms with Crippen LogP contribution in [0.2, 0.25) is 0 Å². The molecule has 0 aliphatic heterocycles. The number of carbonyl (C=O) groups is 1. The Hall–Kier alpha value is -1.34. The minimum Gasteiger partial charge on any atom is -0.339 e. The molecule has 0 bridgehead atoms. The smallest absolute Gasteiger partial charge is 0.322 e. The van der Waals surface area contributed by atoms with Gasteiger partial charge in [0.15, 0.2) is 6.07 Å². The first-order chi connectivity index (χ1) is 6.63. The number of carbonyl (C=O) groups excluding carboxylic acids is 1. The van der Waals surface area contributed by atoms with Gasteiger partial charge in [-0.15, -0.1) is 0 Å². The van der Waals surface area contributed by atoms with Gasteiger partial charge >= 0.3 is 5.91 Å². The van der Waals surface area contributed by atoms with Crippen LogP contribution in [0.4, 0.5) is 0 Å². The van der Waals surface area contributed by atoms with Gasteiger partial charge in [0.2, 0.25) is 0 Å². The van der Waals surface area contributed by atoms with E-state index in [1.54, 1.807) is 0 Å². The minimum atomic E-state index is -0.607. The van der Waals surface area contributed by atoms with Gasteiger partial charge in [-0.25, -0.2) is 0 Å². The Labute approximate surface area is 90.9 Å². The van der Waals surface area contributed by atoms with Crippen LogP contribution in [0.3, 0.4) is 0 Å². The number of hydrogen-bond donors (Lipinski definition) is 1. The summed E-state index contributed by atoms with van der Waals surface area (Å²) >= 11 is 3.34. The third-order valence-electron chi connectivity index (χ3n) is 1.85. The highest BCUT2D eigenvalue weighted by atomic mass is 79.9. The number of aryl methyl sites for hydroxylation is 1. The van der Waals surface area contributed by atoms with Crippen molar-refractivity contribution in [2.75, 3.05) is 0 Å². The number of amides is 1. The summed E-state index contributed by atoms with van der Waals surface area (Å²) in [5.74, 6) is -0.607. The van der Waals surface area contributed by atoms with Gasteiger partial charge < -0.3 is 5.32 Å². The SMILES string of the molecule is Cc1ccc(Br)cc1CNC(=O)C#N. The van der Waals surface area contributed by atoms with Crippen molar-refractivity contribution in [2.45, 2.75) is 13.5 Å². The van der Waals surface area contributed by atoms with Gasteiger partial charge in [0.05, 0.1) is 0 Å². The van der Waals surface area contributed by atoms with Crippen molar-refractivity contribution >= 4 is 21.8 Å². The predicted octanol–water partition coefficient (Wildman–Crippen LogP) is 1.90. The second kappa shape index (κ2) is 4.77. The molecule has 1 aromatic carbocycles. The zero-order chi connectivity index (χ0) is 10.6. The van der Waals surface area contributed by atoms with E-state index in [0.29, 0.717) is 6.54 Å². The fourth-order valence-electron chi connectivity index (χ4n) is 1.05. The molecule has 1 amide bonds. The fraction of sp³-hybridized carbons (Fsp3) is 0.200. The highest BCUT2D eigenvalue weighted by molar-refractivity contribution is 9.10. The molecule has 0 aliphatic carbocycles. The second-order valence-corrected chi connectivity index (χ2v) is 3.78. The molecule has 0 saturated carbocycles. The Balaban J connectivity index is 2.72. The largest absolute Gasteiger partial charge is 0.339 e. The molecule has 0 aliphatic rings. The quantitative estimate of drug-likeness (QED) is 0.818. The van der Waals surface area contributed by atoms with E-state index in [4.69, 9.17) is 5.26 Å². The topological polar surface area (TPSA) is 52.9 Å². The monoisotopic (exact) mass is 252 g/mol. The molecule has 72 valence electrons. The third-order valence-corrected chi connectivity index (χ3v) is 2.35. The van der Waals surface area contributed by atoms with Gasteiger partial charge in [-0.2, -0.15) is 5.26 Å². The standard InChI is InChI=1S/C10H9BrN2O/c1-7-2-3-9(11)4-8(7)6-13-10(14)5-12/h2-4H,6H2,1H3,(H,13,14). The van der Waals surface area contributed by atoms with Gasteiger partial charge in [0.1, 0.15) is 0 Å². The predicted molar refractivity (Wildman–Crippen MR) is 56.3 cm³/mol. The molecule has 4 heteroatoms. The number of hydrogen-bond acceptors (Lipinski definition) is 2. The van der Waals surface area contributed by atoms with Crippen molar-refractivity contribution in [1.82, 2.24) is 5.32 Å². The van der Waals surface area contributed by atoms with Crippen molar-refractivity contribution in [2.24, 2.45) is 0 Å². The van der Waals surface area contributed by atoms with Crippen LogP contribution in [-0.2, 0) is 11.3 Å². The van der Waals surface area contributed by atoms with E-state index in [0.717, 1.165) is 15.6 Å². The van der Waals surface area contributed by atoms with Crippen LogP contribution in [0.1, 0.15) is 11.1 Å². The lowest BCUT2D eigenvalue weighted by molar-refractivity contribution is -0.116. The highest BCUT2D eigenvalue weighted by Gasteiger charge is 2.01. The lowest BCUT2D eigenvalue weighted by Crippen LogP contribution is -2.20. The summed E-state index contributed by atoms with van der Waals surface area (Å²) in [6, 6.07) is 7.32. The van der Waals surface area contributed by atoms with Gasteiger partial charge in [0, 0.05) is 11.0 Å². The van der Waals surface area contributed by atoms with Gasteiger partial charge in [-0.3, -0.25) is 4.79 Å². The van der Waals surface area contributed by atoms with Crippen LogP contribution < -0.4 is 5.32 Å². The Kier molecular flexibility index (Phi) is 3.66. The highest BCUT2D eigenvalue weighted by Crippen LogP contribution is 2.15. The molecule has 0 radical (unpaired) electrons. The lowest BCUT2D eigenvalue weighted by atomic mass is 10.1. The van der Waals surface area contributed by atoms with Crippen molar-refractivity contribution in [3.8, 4) is 6.07 Å². The maximum atomic E-state index is 10.7. The summed E-state index contributed by atoms with van der Waals surface area (Å²) in [5.41, 5.74) is 2.09. The van der Waals surface area contributed by atoms with Crippen LogP contribution in [0.25, 0.3) is 0 Å². The molecule has 14 heavy (non-hydrogen) atoms. The molecule has 1 aromatic rings.